The van der Waals surface area contributed by atoms with Crippen LogP contribution in [0.1, 0.15) is 49.3 Å². The molecule has 0 amide bonds. The van der Waals surface area contributed by atoms with Crippen LogP contribution < -0.4 is 9.88 Å². The third-order valence-corrected chi connectivity index (χ3v) is 6.05. The predicted octanol–water partition coefficient (Wildman–Crippen LogP) is 2.57. The van der Waals surface area contributed by atoms with Crippen LogP contribution >= 0.6 is 11.8 Å². The van der Waals surface area contributed by atoms with E-state index in [0.29, 0.717) is 5.75 Å². The minimum absolute atomic E-state index is 0.136. The van der Waals surface area contributed by atoms with Crippen molar-refractivity contribution < 1.29 is 10.1 Å². The Morgan fingerprint density at radius 2 is 1.96 bits per heavy atom. The molecule has 2 N–H and O–H groups in total. The van der Waals surface area contributed by atoms with Crippen molar-refractivity contribution in [3.05, 3.63) is 16.7 Å². The SMILES string of the molecule is CC1CCN(c2[nH+]c(SCCO)c(C#N)c3c2CCCC3)CC1. The lowest BCUT2D eigenvalue weighted by Gasteiger charge is -2.29. The first-order valence-electron chi connectivity index (χ1n) is 8.74. The maximum atomic E-state index is 9.65. The third kappa shape index (κ3) is 3.49. The zero-order valence-corrected chi connectivity index (χ0v) is 14.7. The fourth-order valence-corrected chi connectivity index (χ4v) is 4.48. The van der Waals surface area contributed by atoms with Gasteiger partial charge in [0.05, 0.1) is 19.7 Å². The van der Waals surface area contributed by atoms with Gasteiger partial charge in [0, 0.05) is 11.3 Å². The highest BCUT2D eigenvalue weighted by molar-refractivity contribution is 7.99. The van der Waals surface area contributed by atoms with Gasteiger partial charge in [0.2, 0.25) is 0 Å². The molecule has 0 bridgehead atoms. The van der Waals surface area contributed by atoms with E-state index < -0.39 is 0 Å². The molecule has 0 aromatic carbocycles. The smallest absolute Gasteiger partial charge is 0.278 e. The highest BCUT2D eigenvalue weighted by Gasteiger charge is 2.31. The topological polar surface area (TPSA) is 61.4 Å². The van der Waals surface area contributed by atoms with Gasteiger partial charge in [-0.25, -0.2) is 4.98 Å². The number of nitrogens with zero attached hydrogens (tertiary/aromatic N) is 2. The number of anilines is 1. The lowest BCUT2D eigenvalue weighted by atomic mass is 9.88. The number of rotatable bonds is 4. The van der Waals surface area contributed by atoms with E-state index in [9.17, 15) is 5.26 Å². The van der Waals surface area contributed by atoms with Gasteiger partial charge in [-0.1, -0.05) is 18.7 Å². The van der Waals surface area contributed by atoms with E-state index in [2.05, 4.69) is 22.9 Å². The average molecular weight is 332 g/mol. The molecule has 2 aliphatic rings. The van der Waals surface area contributed by atoms with Gasteiger partial charge < -0.3 is 5.11 Å². The Morgan fingerprint density at radius 3 is 2.61 bits per heavy atom. The first kappa shape index (κ1) is 16.6. The minimum atomic E-state index is 0.136. The number of pyridine rings is 1. The normalized spacial score (nSPS) is 18.6. The number of hydrogen-bond donors (Lipinski definition) is 1. The number of aromatic amines is 1. The second-order valence-corrected chi connectivity index (χ2v) is 7.80. The highest BCUT2D eigenvalue weighted by atomic mass is 32.2. The van der Waals surface area contributed by atoms with E-state index >= 15 is 0 Å². The number of H-pyrrole nitrogens is 1. The Hall–Kier alpha value is -1.25. The van der Waals surface area contributed by atoms with Crippen molar-refractivity contribution in [2.45, 2.75) is 50.5 Å². The van der Waals surface area contributed by atoms with Crippen molar-refractivity contribution in [3.63, 3.8) is 0 Å². The summed E-state index contributed by atoms with van der Waals surface area (Å²) in [5.41, 5.74) is 3.44. The van der Waals surface area contributed by atoms with E-state index in [1.807, 2.05) is 0 Å². The van der Waals surface area contributed by atoms with Crippen LogP contribution in [-0.2, 0) is 12.8 Å². The molecule has 1 aliphatic carbocycles. The average Bonchev–Trinajstić information content (AvgIpc) is 2.59. The molecular formula is C18H26N3OS+. The van der Waals surface area contributed by atoms with Crippen LogP contribution in [0.25, 0.3) is 0 Å². The van der Waals surface area contributed by atoms with Crippen LogP contribution in [0.4, 0.5) is 5.82 Å². The van der Waals surface area contributed by atoms with Gasteiger partial charge >= 0.3 is 0 Å². The molecule has 4 nitrogen and oxygen atoms in total. The molecule has 1 aromatic heterocycles. The summed E-state index contributed by atoms with van der Waals surface area (Å²) in [7, 11) is 0. The minimum Gasteiger partial charge on any atom is -0.396 e. The van der Waals surface area contributed by atoms with Crippen LogP contribution in [0.15, 0.2) is 5.03 Å². The van der Waals surface area contributed by atoms with Crippen LogP contribution in [0.5, 0.6) is 0 Å². The molecule has 23 heavy (non-hydrogen) atoms. The lowest BCUT2D eigenvalue weighted by molar-refractivity contribution is -0.414. The number of piperidine rings is 1. The van der Waals surface area contributed by atoms with Crippen molar-refractivity contribution in [1.82, 2.24) is 0 Å². The van der Waals surface area contributed by atoms with Crippen molar-refractivity contribution in [1.29, 1.82) is 5.26 Å². The first-order chi connectivity index (χ1) is 11.2. The van der Waals surface area contributed by atoms with Crippen molar-refractivity contribution >= 4 is 17.6 Å². The quantitative estimate of drug-likeness (QED) is 0.861. The summed E-state index contributed by atoms with van der Waals surface area (Å²) in [6.45, 7) is 4.66. The third-order valence-electron chi connectivity index (χ3n) is 5.06. The second kappa shape index (κ2) is 7.55. The lowest BCUT2D eigenvalue weighted by Crippen LogP contribution is -2.39. The molecule has 0 spiro atoms. The first-order valence-corrected chi connectivity index (χ1v) is 9.73. The molecule has 1 aromatic rings. The molecule has 0 saturated carbocycles. The van der Waals surface area contributed by atoms with Gasteiger partial charge in [0.15, 0.2) is 5.03 Å². The van der Waals surface area contributed by atoms with Crippen molar-refractivity contribution in [2.75, 3.05) is 30.3 Å². The van der Waals surface area contributed by atoms with E-state index in [4.69, 9.17) is 5.11 Å². The number of fused-ring (bicyclic) bond motifs is 1. The molecule has 2 heterocycles. The fraction of sp³-hybridized carbons (Fsp3) is 0.667. The molecule has 0 atom stereocenters. The Kier molecular flexibility index (Phi) is 5.45. The molecule has 1 fully saturated rings. The Bertz CT molecular complexity index is 603. The molecule has 1 aliphatic heterocycles. The summed E-state index contributed by atoms with van der Waals surface area (Å²) in [5, 5.41) is 19.7. The summed E-state index contributed by atoms with van der Waals surface area (Å²) in [6, 6.07) is 2.42. The monoisotopic (exact) mass is 332 g/mol. The Morgan fingerprint density at radius 1 is 1.26 bits per heavy atom. The summed E-state index contributed by atoms with van der Waals surface area (Å²) in [4.78, 5) is 6.05. The Balaban J connectivity index is 2.02. The van der Waals surface area contributed by atoms with Gasteiger partial charge in [-0.15, -0.1) is 0 Å². The number of aliphatic hydroxyl groups is 1. The van der Waals surface area contributed by atoms with E-state index in [0.717, 1.165) is 42.4 Å². The van der Waals surface area contributed by atoms with E-state index in [-0.39, 0.29) is 6.61 Å². The molecule has 124 valence electrons. The van der Waals surface area contributed by atoms with Crippen LogP contribution in [-0.4, -0.2) is 30.6 Å². The second-order valence-electron chi connectivity index (χ2n) is 6.70. The standard InChI is InChI=1S/C18H25N3OS/c1-13-6-8-21(9-7-13)17-15-5-3-2-4-14(15)16(12-19)18(20-17)23-11-10-22/h13,22H,2-11H2,1H3/p+1. The van der Waals surface area contributed by atoms with Crippen LogP contribution in [0.3, 0.4) is 0 Å². The molecule has 1 saturated heterocycles. The van der Waals surface area contributed by atoms with Crippen molar-refractivity contribution in [3.8, 4) is 6.07 Å². The number of aromatic nitrogens is 1. The van der Waals surface area contributed by atoms with Crippen LogP contribution in [0.2, 0.25) is 0 Å². The highest BCUT2D eigenvalue weighted by Crippen LogP contribution is 2.34. The number of aliphatic hydroxyl groups excluding tert-OH is 1. The van der Waals surface area contributed by atoms with Gasteiger partial charge in [-0.2, -0.15) is 5.26 Å². The Labute approximate surface area is 142 Å². The van der Waals surface area contributed by atoms with Gasteiger partial charge in [-0.3, -0.25) is 4.90 Å². The number of thioether (sulfide) groups is 1. The molecule has 5 heteroatoms. The molecule has 0 radical (unpaired) electrons. The van der Waals surface area contributed by atoms with E-state index in [1.165, 1.54) is 42.6 Å². The number of nitrogens with one attached hydrogen (secondary N) is 1. The summed E-state index contributed by atoms with van der Waals surface area (Å²) in [5.74, 6) is 2.68. The van der Waals surface area contributed by atoms with E-state index in [1.54, 1.807) is 11.8 Å². The zero-order chi connectivity index (χ0) is 16.2. The van der Waals surface area contributed by atoms with Crippen LogP contribution in [0, 0.1) is 17.2 Å². The summed E-state index contributed by atoms with van der Waals surface area (Å²) in [6.07, 6.45) is 6.95. The molecule has 3 rings (SSSR count). The van der Waals surface area contributed by atoms with Gasteiger partial charge in [0.1, 0.15) is 11.6 Å². The van der Waals surface area contributed by atoms with Gasteiger partial charge in [0.25, 0.3) is 5.82 Å². The summed E-state index contributed by atoms with van der Waals surface area (Å²) >= 11 is 1.57. The van der Waals surface area contributed by atoms with Gasteiger partial charge in [-0.05, 0) is 50.0 Å². The zero-order valence-electron chi connectivity index (χ0n) is 13.9. The number of hydrogen-bond acceptors (Lipinski definition) is 4. The maximum absolute atomic E-state index is 9.65. The summed E-state index contributed by atoms with van der Waals surface area (Å²) < 4.78 is 0. The predicted molar refractivity (Wildman–Crippen MR) is 92.8 cm³/mol. The maximum Gasteiger partial charge on any atom is 0.278 e. The largest absolute Gasteiger partial charge is 0.396 e. The molecular weight excluding hydrogens is 306 g/mol. The fourth-order valence-electron chi connectivity index (χ4n) is 3.70. The number of nitriles is 1. The van der Waals surface area contributed by atoms with Crippen molar-refractivity contribution in [2.24, 2.45) is 5.92 Å². The molecule has 0 unspecified atom stereocenters.